The third-order valence-electron chi connectivity index (χ3n) is 7.22. The average molecular weight is 471 g/mol. The van der Waals surface area contributed by atoms with Gasteiger partial charge in [-0.05, 0) is 77.1 Å². The number of carbonyl (C=O) groups is 1. The van der Waals surface area contributed by atoms with E-state index in [9.17, 15) is 9.90 Å². The molecular weight excluding hydrogens is 428 g/mol. The van der Waals surface area contributed by atoms with Crippen LogP contribution in [-0.4, -0.2) is 11.1 Å². The van der Waals surface area contributed by atoms with Crippen LogP contribution < -0.4 is 0 Å². The van der Waals surface area contributed by atoms with Gasteiger partial charge in [-0.15, -0.1) is 0 Å². The van der Waals surface area contributed by atoms with Crippen LogP contribution in [0.2, 0.25) is 0 Å². The Balaban J connectivity index is 1.78. The number of carboxylic acids is 1. The van der Waals surface area contributed by atoms with Crippen molar-refractivity contribution in [2.24, 2.45) is 5.92 Å². The maximum atomic E-state index is 11.7. The summed E-state index contributed by atoms with van der Waals surface area (Å²) < 4.78 is 0. The summed E-state index contributed by atoms with van der Waals surface area (Å²) in [4.78, 5) is 11.7. The number of rotatable bonds is 14. The molecule has 0 aliphatic carbocycles. The molecule has 35 heavy (non-hydrogen) atoms. The molecule has 0 aliphatic rings. The zero-order chi connectivity index (χ0) is 25.0. The lowest BCUT2D eigenvalue weighted by Crippen LogP contribution is -1.98. The number of aryl methyl sites for hydroxylation is 2. The normalized spacial score (nSPS) is 12.0. The van der Waals surface area contributed by atoms with E-state index in [2.05, 4.69) is 69.3 Å². The minimum atomic E-state index is -0.891. The summed E-state index contributed by atoms with van der Waals surface area (Å²) in [6.45, 7) is 6.83. The third-order valence-corrected chi connectivity index (χ3v) is 7.22. The standard InChI is InChI=1S/C33H42O2/c1-4-6-7-8-9-12-26-16-20-29(21-17-26)32-24-30(33(34)35)22-23-31(32)28-18-14-27(15-19-28)13-10-11-25(3)5-2/h14-25H,4-13H2,1-3H3,(H,34,35). The van der Waals surface area contributed by atoms with Crippen molar-refractivity contribution in [2.75, 3.05) is 0 Å². The number of hydrogen-bond donors (Lipinski definition) is 1. The monoisotopic (exact) mass is 470 g/mol. The van der Waals surface area contributed by atoms with Crippen molar-refractivity contribution in [1.82, 2.24) is 0 Å². The van der Waals surface area contributed by atoms with Gasteiger partial charge in [-0.1, -0.05) is 114 Å². The Morgan fingerprint density at radius 3 is 1.86 bits per heavy atom. The number of hydrogen-bond acceptors (Lipinski definition) is 1. The molecule has 0 radical (unpaired) electrons. The zero-order valence-electron chi connectivity index (χ0n) is 21.9. The van der Waals surface area contributed by atoms with Gasteiger partial charge in [0.05, 0.1) is 5.56 Å². The molecule has 0 bridgehead atoms. The molecule has 0 saturated heterocycles. The van der Waals surface area contributed by atoms with Crippen LogP contribution in [-0.2, 0) is 12.8 Å². The molecule has 0 saturated carbocycles. The van der Waals surface area contributed by atoms with Crippen molar-refractivity contribution in [3.05, 3.63) is 83.4 Å². The SMILES string of the molecule is CCCCCCCc1ccc(-c2cc(C(=O)O)ccc2-c2ccc(CCCC(C)CC)cc2)cc1. The first kappa shape index (κ1) is 26.7. The van der Waals surface area contributed by atoms with E-state index in [1.165, 1.54) is 62.5 Å². The molecule has 0 aliphatic heterocycles. The average Bonchev–Trinajstić information content (AvgIpc) is 2.89. The first-order valence-corrected chi connectivity index (χ1v) is 13.6. The van der Waals surface area contributed by atoms with Crippen LogP contribution in [0.25, 0.3) is 22.3 Å². The van der Waals surface area contributed by atoms with Crippen molar-refractivity contribution in [1.29, 1.82) is 0 Å². The lowest BCUT2D eigenvalue weighted by atomic mass is 9.91. The second-order valence-electron chi connectivity index (χ2n) is 10.0. The summed E-state index contributed by atoms with van der Waals surface area (Å²) in [5.74, 6) is -0.102. The number of carboxylic acid groups (broad SMARTS) is 1. The van der Waals surface area contributed by atoms with E-state index in [0.717, 1.165) is 41.0 Å². The topological polar surface area (TPSA) is 37.3 Å². The fraction of sp³-hybridized carbons (Fsp3) is 0.424. The van der Waals surface area contributed by atoms with Crippen LogP contribution in [0.5, 0.6) is 0 Å². The maximum Gasteiger partial charge on any atom is 0.335 e. The Kier molecular flexibility index (Phi) is 10.6. The minimum Gasteiger partial charge on any atom is -0.478 e. The highest BCUT2D eigenvalue weighted by Gasteiger charge is 2.12. The van der Waals surface area contributed by atoms with Gasteiger partial charge in [0.2, 0.25) is 0 Å². The molecule has 3 aromatic rings. The van der Waals surface area contributed by atoms with E-state index in [0.29, 0.717) is 5.56 Å². The molecule has 2 heteroatoms. The van der Waals surface area contributed by atoms with Crippen LogP contribution in [0.15, 0.2) is 66.7 Å². The highest BCUT2D eigenvalue weighted by molar-refractivity contribution is 5.93. The Morgan fingerprint density at radius 2 is 1.29 bits per heavy atom. The molecule has 1 atom stereocenters. The van der Waals surface area contributed by atoms with Crippen LogP contribution in [0.3, 0.4) is 0 Å². The number of unbranched alkanes of at least 4 members (excludes halogenated alkanes) is 4. The summed E-state index contributed by atoms with van der Waals surface area (Å²) in [5, 5.41) is 9.60. The summed E-state index contributed by atoms with van der Waals surface area (Å²) in [7, 11) is 0. The van der Waals surface area contributed by atoms with Gasteiger partial charge in [0.25, 0.3) is 0 Å². The Morgan fingerprint density at radius 1 is 0.714 bits per heavy atom. The molecule has 3 aromatic carbocycles. The molecule has 0 fully saturated rings. The minimum absolute atomic E-state index is 0.324. The van der Waals surface area contributed by atoms with E-state index in [4.69, 9.17) is 0 Å². The first-order valence-electron chi connectivity index (χ1n) is 13.6. The van der Waals surface area contributed by atoms with E-state index in [1.807, 2.05) is 12.1 Å². The highest BCUT2D eigenvalue weighted by atomic mass is 16.4. The summed E-state index contributed by atoms with van der Waals surface area (Å²) in [5.41, 5.74) is 7.29. The Labute approximate surface area is 212 Å². The molecule has 0 aromatic heterocycles. The quantitative estimate of drug-likeness (QED) is 0.238. The Hall–Kier alpha value is -2.87. The lowest BCUT2D eigenvalue weighted by Gasteiger charge is -2.13. The van der Waals surface area contributed by atoms with Crippen LogP contribution in [0, 0.1) is 5.92 Å². The number of aromatic carboxylic acids is 1. The van der Waals surface area contributed by atoms with E-state index in [-0.39, 0.29) is 0 Å². The Bertz CT molecular complexity index is 1050. The predicted octanol–water partition coefficient (Wildman–Crippen LogP) is 9.60. The molecule has 2 nitrogen and oxygen atoms in total. The predicted molar refractivity (Wildman–Crippen MR) is 149 cm³/mol. The van der Waals surface area contributed by atoms with Gasteiger partial charge in [0.15, 0.2) is 0 Å². The van der Waals surface area contributed by atoms with Crippen molar-refractivity contribution < 1.29 is 9.90 Å². The number of benzene rings is 3. The van der Waals surface area contributed by atoms with Crippen LogP contribution in [0.1, 0.15) is 93.6 Å². The largest absolute Gasteiger partial charge is 0.478 e. The second-order valence-corrected chi connectivity index (χ2v) is 10.0. The fourth-order valence-corrected chi connectivity index (χ4v) is 4.66. The molecule has 1 unspecified atom stereocenters. The van der Waals surface area contributed by atoms with Crippen molar-refractivity contribution in [2.45, 2.75) is 85.0 Å². The van der Waals surface area contributed by atoms with Gasteiger partial charge in [0, 0.05) is 0 Å². The van der Waals surface area contributed by atoms with Crippen molar-refractivity contribution >= 4 is 5.97 Å². The van der Waals surface area contributed by atoms with E-state index in [1.54, 1.807) is 6.07 Å². The maximum absolute atomic E-state index is 11.7. The van der Waals surface area contributed by atoms with Crippen molar-refractivity contribution in [3.63, 3.8) is 0 Å². The lowest BCUT2D eigenvalue weighted by molar-refractivity contribution is 0.0697. The molecule has 186 valence electrons. The molecule has 1 N–H and O–H groups in total. The summed E-state index contributed by atoms with van der Waals surface area (Å²) >= 11 is 0. The summed E-state index contributed by atoms with van der Waals surface area (Å²) in [6.07, 6.45) is 12.4. The van der Waals surface area contributed by atoms with Gasteiger partial charge < -0.3 is 5.11 Å². The van der Waals surface area contributed by atoms with Gasteiger partial charge in [0.1, 0.15) is 0 Å². The fourth-order valence-electron chi connectivity index (χ4n) is 4.66. The van der Waals surface area contributed by atoms with E-state index < -0.39 is 5.97 Å². The molecule has 0 heterocycles. The second kappa shape index (κ2) is 13.9. The summed E-state index contributed by atoms with van der Waals surface area (Å²) in [6, 6.07) is 23.0. The zero-order valence-corrected chi connectivity index (χ0v) is 21.9. The molecule has 3 rings (SSSR count). The third kappa shape index (κ3) is 8.09. The molecular formula is C33H42O2. The highest BCUT2D eigenvalue weighted by Crippen LogP contribution is 2.34. The molecule has 0 amide bonds. The van der Waals surface area contributed by atoms with E-state index >= 15 is 0 Å². The van der Waals surface area contributed by atoms with Crippen LogP contribution in [0.4, 0.5) is 0 Å². The smallest absolute Gasteiger partial charge is 0.335 e. The van der Waals surface area contributed by atoms with Gasteiger partial charge in [-0.2, -0.15) is 0 Å². The van der Waals surface area contributed by atoms with Gasteiger partial charge >= 0.3 is 5.97 Å². The first-order chi connectivity index (χ1) is 17.0. The van der Waals surface area contributed by atoms with Gasteiger partial charge in [-0.25, -0.2) is 4.79 Å². The van der Waals surface area contributed by atoms with Crippen LogP contribution >= 0.6 is 0 Å². The van der Waals surface area contributed by atoms with Crippen molar-refractivity contribution in [3.8, 4) is 22.3 Å². The molecule has 0 spiro atoms. The van der Waals surface area contributed by atoms with Gasteiger partial charge in [-0.3, -0.25) is 0 Å².